The van der Waals surface area contributed by atoms with Crippen molar-refractivity contribution in [2.45, 2.75) is 44.3 Å². The highest BCUT2D eigenvalue weighted by Crippen LogP contribution is 2.35. The molecule has 1 saturated carbocycles. The van der Waals surface area contributed by atoms with Gasteiger partial charge in [-0.15, -0.1) is 0 Å². The van der Waals surface area contributed by atoms with Crippen LogP contribution in [0.1, 0.15) is 32.1 Å². The van der Waals surface area contributed by atoms with Gasteiger partial charge in [0.1, 0.15) is 5.78 Å². The fraction of sp³-hybridized carbons (Fsp3) is 0.818. The second kappa shape index (κ2) is 4.31. The molecule has 17 heavy (non-hydrogen) atoms. The Morgan fingerprint density at radius 3 is 2.47 bits per heavy atom. The van der Waals surface area contributed by atoms with Crippen molar-refractivity contribution in [1.29, 1.82) is 0 Å². The first-order chi connectivity index (χ1) is 7.91. The lowest BCUT2D eigenvalue weighted by atomic mass is 9.95. The van der Waals surface area contributed by atoms with Crippen molar-refractivity contribution in [2.24, 2.45) is 5.92 Å². The van der Waals surface area contributed by atoms with Crippen molar-refractivity contribution < 1.29 is 22.8 Å². The molecule has 2 atom stereocenters. The maximum Gasteiger partial charge on any atom is 0.471 e. The van der Waals surface area contributed by atoms with E-state index in [1.165, 1.54) is 0 Å². The predicted molar refractivity (Wildman–Crippen MR) is 53.1 cm³/mol. The third kappa shape index (κ3) is 2.30. The molecule has 1 aliphatic carbocycles. The summed E-state index contributed by atoms with van der Waals surface area (Å²) in [6.45, 7) is 0.118. The normalized spacial score (nSPS) is 30.1. The van der Waals surface area contributed by atoms with E-state index >= 15 is 0 Å². The number of nitrogens with zero attached hydrogens (tertiary/aromatic N) is 1. The van der Waals surface area contributed by atoms with Gasteiger partial charge in [-0.1, -0.05) is 0 Å². The fourth-order valence-corrected chi connectivity index (χ4v) is 2.88. The molecule has 1 heterocycles. The van der Waals surface area contributed by atoms with Gasteiger partial charge in [0, 0.05) is 24.9 Å². The van der Waals surface area contributed by atoms with E-state index in [1.54, 1.807) is 0 Å². The van der Waals surface area contributed by atoms with Crippen LogP contribution in [0.5, 0.6) is 0 Å². The zero-order valence-electron chi connectivity index (χ0n) is 9.29. The van der Waals surface area contributed by atoms with Crippen LogP contribution in [-0.4, -0.2) is 35.4 Å². The Kier molecular flexibility index (Phi) is 3.14. The number of hydrogen-bond donors (Lipinski definition) is 0. The quantitative estimate of drug-likeness (QED) is 0.711. The number of amides is 1. The van der Waals surface area contributed by atoms with E-state index in [-0.39, 0.29) is 18.2 Å². The van der Waals surface area contributed by atoms with E-state index in [4.69, 9.17) is 0 Å². The molecule has 1 amide bonds. The van der Waals surface area contributed by atoms with E-state index in [1.807, 2.05) is 0 Å². The Balaban J connectivity index is 2.12. The molecule has 1 aliphatic heterocycles. The van der Waals surface area contributed by atoms with Crippen molar-refractivity contribution in [3.05, 3.63) is 0 Å². The van der Waals surface area contributed by atoms with Crippen LogP contribution in [0.4, 0.5) is 13.2 Å². The van der Waals surface area contributed by atoms with Crippen molar-refractivity contribution in [3.8, 4) is 0 Å². The minimum atomic E-state index is -4.83. The summed E-state index contributed by atoms with van der Waals surface area (Å²) < 4.78 is 37.1. The summed E-state index contributed by atoms with van der Waals surface area (Å²) in [7, 11) is 0. The van der Waals surface area contributed by atoms with E-state index in [9.17, 15) is 22.8 Å². The summed E-state index contributed by atoms with van der Waals surface area (Å²) in [4.78, 5) is 23.6. The summed E-state index contributed by atoms with van der Waals surface area (Å²) in [5.74, 6) is -2.15. The van der Waals surface area contributed by atoms with Crippen LogP contribution in [0.2, 0.25) is 0 Å². The molecular weight excluding hydrogens is 235 g/mol. The van der Waals surface area contributed by atoms with Gasteiger partial charge in [-0.3, -0.25) is 9.59 Å². The van der Waals surface area contributed by atoms with E-state index < -0.39 is 18.1 Å². The zero-order valence-corrected chi connectivity index (χ0v) is 9.29. The van der Waals surface area contributed by atoms with Gasteiger partial charge >= 0.3 is 12.1 Å². The highest BCUT2D eigenvalue weighted by atomic mass is 19.4. The smallest absolute Gasteiger partial charge is 0.331 e. The first-order valence-corrected chi connectivity index (χ1v) is 5.82. The molecule has 0 N–H and O–H groups in total. The molecular formula is C11H14F3NO2. The van der Waals surface area contributed by atoms with Crippen LogP contribution in [0, 0.1) is 5.92 Å². The van der Waals surface area contributed by atoms with Crippen LogP contribution >= 0.6 is 0 Å². The Bertz CT molecular complexity index is 340. The molecule has 3 nitrogen and oxygen atoms in total. The van der Waals surface area contributed by atoms with Crippen molar-refractivity contribution >= 4 is 11.7 Å². The van der Waals surface area contributed by atoms with Gasteiger partial charge in [-0.05, 0) is 25.7 Å². The van der Waals surface area contributed by atoms with Crippen LogP contribution in [-0.2, 0) is 9.59 Å². The molecule has 0 aromatic carbocycles. The third-order valence-electron chi connectivity index (χ3n) is 3.62. The Morgan fingerprint density at radius 2 is 1.94 bits per heavy atom. The zero-order chi connectivity index (χ0) is 12.6. The number of carbonyl (C=O) groups excluding carboxylic acids is 2. The van der Waals surface area contributed by atoms with Crippen molar-refractivity contribution in [1.82, 2.24) is 4.90 Å². The highest BCUT2D eigenvalue weighted by Gasteiger charge is 2.49. The lowest BCUT2D eigenvalue weighted by molar-refractivity contribution is -0.187. The number of likely N-dealkylation sites (tertiary alicyclic amines) is 1. The summed E-state index contributed by atoms with van der Waals surface area (Å²) >= 11 is 0. The van der Waals surface area contributed by atoms with Crippen LogP contribution in [0.25, 0.3) is 0 Å². The maximum atomic E-state index is 12.4. The molecule has 2 rings (SSSR count). The summed E-state index contributed by atoms with van der Waals surface area (Å²) in [5.41, 5.74) is 0. The second-order valence-electron chi connectivity index (χ2n) is 4.67. The van der Waals surface area contributed by atoms with E-state index in [0.717, 1.165) is 11.3 Å². The van der Waals surface area contributed by atoms with Crippen molar-refractivity contribution in [3.63, 3.8) is 0 Å². The van der Waals surface area contributed by atoms with Gasteiger partial charge in [0.25, 0.3) is 0 Å². The Morgan fingerprint density at radius 1 is 1.24 bits per heavy atom. The average molecular weight is 249 g/mol. The number of halogens is 3. The molecule has 2 aliphatic rings. The molecule has 96 valence electrons. The van der Waals surface area contributed by atoms with E-state index in [2.05, 4.69) is 0 Å². The molecule has 0 radical (unpaired) electrons. The van der Waals surface area contributed by atoms with Gasteiger partial charge in [-0.25, -0.2) is 0 Å². The van der Waals surface area contributed by atoms with Gasteiger partial charge in [0.15, 0.2) is 0 Å². The summed E-state index contributed by atoms with van der Waals surface area (Å²) in [6.07, 6.45) is -1.98. The van der Waals surface area contributed by atoms with E-state index in [0.29, 0.717) is 25.7 Å². The lowest BCUT2D eigenvalue weighted by Crippen LogP contribution is -2.47. The van der Waals surface area contributed by atoms with Gasteiger partial charge in [0.05, 0.1) is 0 Å². The molecule has 0 aromatic heterocycles. The number of hydrogen-bond acceptors (Lipinski definition) is 2. The first-order valence-electron chi connectivity index (χ1n) is 5.82. The molecule has 6 heteroatoms. The standard InChI is InChI=1S/C11H14F3NO2/c12-11(13,14)10(17)15-6-2-4-8(15)7-3-1-5-9(7)16/h7-8H,1-6H2. The highest BCUT2D eigenvalue weighted by molar-refractivity contribution is 5.86. The second-order valence-corrected chi connectivity index (χ2v) is 4.67. The first kappa shape index (κ1) is 12.4. The van der Waals surface area contributed by atoms with Gasteiger partial charge in [-0.2, -0.15) is 13.2 Å². The van der Waals surface area contributed by atoms with Gasteiger partial charge in [0.2, 0.25) is 0 Å². The lowest BCUT2D eigenvalue weighted by Gasteiger charge is -2.29. The molecule has 1 saturated heterocycles. The Hall–Kier alpha value is -1.07. The number of rotatable bonds is 1. The molecule has 2 fully saturated rings. The fourth-order valence-electron chi connectivity index (χ4n) is 2.88. The molecule has 0 spiro atoms. The predicted octanol–water partition coefficient (Wildman–Crippen LogP) is 1.91. The SMILES string of the molecule is O=C1CCCC1C1CCCN1C(=O)C(F)(F)F. The molecule has 0 bridgehead atoms. The third-order valence-corrected chi connectivity index (χ3v) is 3.62. The van der Waals surface area contributed by atoms with Crippen LogP contribution in [0.3, 0.4) is 0 Å². The minimum Gasteiger partial charge on any atom is -0.331 e. The maximum absolute atomic E-state index is 12.4. The topological polar surface area (TPSA) is 37.4 Å². The Labute approximate surface area is 97.0 Å². The summed E-state index contributed by atoms with van der Waals surface area (Å²) in [5, 5.41) is 0. The van der Waals surface area contributed by atoms with Gasteiger partial charge < -0.3 is 4.90 Å². The van der Waals surface area contributed by atoms with Crippen LogP contribution < -0.4 is 0 Å². The van der Waals surface area contributed by atoms with Crippen LogP contribution in [0.15, 0.2) is 0 Å². The monoisotopic (exact) mass is 249 g/mol. The number of Topliss-reactive ketones (excluding diaryl/α,β-unsaturated/α-hetero) is 1. The number of ketones is 1. The van der Waals surface area contributed by atoms with Crippen molar-refractivity contribution in [2.75, 3.05) is 6.54 Å². The largest absolute Gasteiger partial charge is 0.471 e. The average Bonchev–Trinajstić information content (AvgIpc) is 2.82. The molecule has 0 aromatic rings. The molecule has 2 unspecified atom stereocenters. The minimum absolute atomic E-state index is 0.0110. The number of alkyl halides is 3. The number of carbonyl (C=O) groups is 2. The summed E-state index contributed by atoms with van der Waals surface area (Å²) in [6, 6.07) is -0.529.